The van der Waals surface area contributed by atoms with Crippen molar-refractivity contribution in [3.8, 4) is 0 Å². The molecule has 0 radical (unpaired) electrons. The molecule has 2 aromatic carbocycles. The van der Waals surface area contributed by atoms with E-state index in [4.69, 9.17) is 0 Å². The highest BCUT2D eigenvalue weighted by atomic mass is 16.2. The van der Waals surface area contributed by atoms with Crippen LogP contribution in [0.4, 0.5) is 11.4 Å². The van der Waals surface area contributed by atoms with Crippen LogP contribution in [0.15, 0.2) is 53.6 Å². The number of carbonyl (C=O) groups is 2. The summed E-state index contributed by atoms with van der Waals surface area (Å²) in [5, 5.41) is 6.34. The van der Waals surface area contributed by atoms with Crippen LogP contribution >= 0.6 is 0 Å². The van der Waals surface area contributed by atoms with Crippen LogP contribution in [0.3, 0.4) is 0 Å². The third kappa shape index (κ3) is 5.46. The van der Waals surface area contributed by atoms with Crippen LogP contribution in [0, 0.1) is 0 Å². The van der Waals surface area contributed by atoms with E-state index in [1.54, 1.807) is 12.1 Å². The quantitative estimate of drug-likeness (QED) is 0.499. The first-order chi connectivity index (χ1) is 12.0. The number of rotatable bonds is 5. The maximum absolute atomic E-state index is 11.8. The Morgan fingerprint density at radius 3 is 2.20 bits per heavy atom. The Morgan fingerprint density at radius 2 is 1.64 bits per heavy atom. The average molecular weight is 338 g/mol. The number of nitrogens with one attached hydrogen (secondary N) is 2. The summed E-state index contributed by atoms with van der Waals surface area (Å²) in [7, 11) is 3.91. The molecule has 2 N–H and O–H groups in total. The van der Waals surface area contributed by atoms with E-state index in [0.29, 0.717) is 5.69 Å². The number of hydrogen-bond acceptors (Lipinski definition) is 4. The summed E-state index contributed by atoms with van der Waals surface area (Å²) >= 11 is 0. The van der Waals surface area contributed by atoms with Crippen molar-refractivity contribution in [1.29, 1.82) is 0 Å². The van der Waals surface area contributed by atoms with Gasteiger partial charge in [-0.1, -0.05) is 31.2 Å². The lowest BCUT2D eigenvalue weighted by Crippen LogP contribution is -2.32. The van der Waals surface area contributed by atoms with E-state index in [2.05, 4.69) is 15.8 Å². The number of amides is 2. The minimum atomic E-state index is -0.819. The summed E-state index contributed by atoms with van der Waals surface area (Å²) in [5.74, 6) is -1.58. The molecule has 0 saturated heterocycles. The number of hydrazone groups is 1. The normalized spacial score (nSPS) is 10.5. The van der Waals surface area contributed by atoms with Gasteiger partial charge in [-0.05, 0) is 41.8 Å². The topological polar surface area (TPSA) is 73.8 Å². The Bertz CT molecular complexity index is 750. The minimum Gasteiger partial charge on any atom is -0.378 e. The van der Waals surface area contributed by atoms with Crippen molar-refractivity contribution in [2.75, 3.05) is 24.3 Å². The third-order valence-electron chi connectivity index (χ3n) is 3.62. The fraction of sp³-hybridized carbons (Fsp3) is 0.211. The standard InChI is InChI=1S/C19H22N4O2/c1-4-14-5-9-16(10-6-14)21-18(24)19(25)22-20-13-15-7-11-17(12-8-15)23(2)3/h5-13H,4H2,1-3H3,(H,21,24)(H,22,25)/b20-13-. The molecular weight excluding hydrogens is 316 g/mol. The Morgan fingerprint density at radius 1 is 1.00 bits per heavy atom. The third-order valence-corrected chi connectivity index (χ3v) is 3.62. The first-order valence-corrected chi connectivity index (χ1v) is 8.00. The van der Waals surface area contributed by atoms with Gasteiger partial charge in [0.25, 0.3) is 0 Å². The van der Waals surface area contributed by atoms with Crippen molar-refractivity contribution >= 4 is 29.4 Å². The fourth-order valence-corrected chi connectivity index (χ4v) is 2.09. The zero-order valence-electron chi connectivity index (χ0n) is 14.6. The minimum absolute atomic E-state index is 0.570. The van der Waals surface area contributed by atoms with Crippen molar-refractivity contribution in [1.82, 2.24) is 5.43 Å². The summed E-state index contributed by atoms with van der Waals surface area (Å²) in [6.07, 6.45) is 2.40. The van der Waals surface area contributed by atoms with Crippen LogP contribution in [-0.4, -0.2) is 32.1 Å². The summed E-state index contributed by atoms with van der Waals surface area (Å²) < 4.78 is 0. The van der Waals surface area contributed by atoms with Crippen molar-refractivity contribution in [3.63, 3.8) is 0 Å². The van der Waals surface area contributed by atoms with Gasteiger partial charge in [0, 0.05) is 25.5 Å². The molecule has 6 heteroatoms. The lowest BCUT2D eigenvalue weighted by atomic mass is 10.1. The molecule has 0 aliphatic rings. The van der Waals surface area contributed by atoms with Crippen LogP contribution in [0.25, 0.3) is 0 Å². The molecule has 0 fully saturated rings. The number of carbonyl (C=O) groups excluding carboxylic acids is 2. The molecule has 0 spiro atoms. The van der Waals surface area contributed by atoms with Gasteiger partial charge in [0.1, 0.15) is 0 Å². The van der Waals surface area contributed by atoms with Crippen LogP contribution < -0.4 is 15.6 Å². The summed E-state index contributed by atoms with van der Waals surface area (Å²) in [5.41, 5.74) is 5.83. The molecule has 0 heterocycles. The van der Waals surface area contributed by atoms with E-state index in [-0.39, 0.29) is 0 Å². The highest BCUT2D eigenvalue weighted by molar-refractivity contribution is 6.39. The van der Waals surface area contributed by atoms with Crippen LogP contribution in [0.1, 0.15) is 18.1 Å². The average Bonchev–Trinajstić information content (AvgIpc) is 2.62. The van der Waals surface area contributed by atoms with Crippen molar-refractivity contribution < 1.29 is 9.59 Å². The van der Waals surface area contributed by atoms with Gasteiger partial charge in [-0.25, -0.2) is 5.43 Å². The summed E-state index contributed by atoms with van der Waals surface area (Å²) in [6, 6.07) is 15.0. The second-order valence-electron chi connectivity index (χ2n) is 5.69. The number of benzene rings is 2. The van der Waals surface area contributed by atoms with Gasteiger partial charge in [0.05, 0.1) is 6.21 Å². The Kier molecular flexibility index (Phi) is 6.28. The van der Waals surface area contributed by atoms with E-state index in [1.807, 2.05) is 62.3 Å². The van der Waals surface area contributed by atoms with Gasteiger partial charge in [-0.2, -0.15) is 5.10 Å². The van der Waals surface area contributed by atoms with Crippen LogP contribution in [0.2, 0.25) is 0 Å². The van der Waals surface area contributed by atoms with E-state index in [0.717, 1.165) is 23.2 Å². The first-order valence-electron chi connectivity index (χ1n) is 8.00. The number of hydrogen-bond donors (Lipinski definition) is 2. The maximum atomic E-state index is 11.8. The smallest absolute Gasteiger partial charge is 0.329 e. The molecule has 2 aromatic rings. The lowest BCUT2D eigenvalue weighted by Gasteiger charge is -2.11. The van der Waals surface area contributed by atoms with Gasteiger partial charge < -0.3 is 10.2 Å². The van der Waals surface area contributed by atoms with Gasteiger partial charge in [0.2, 0.25) is 0 Å². The first kappa shape index (κ1) is 18.2. The Hall–Kier alpha value is -3.15. The second-order valence-corrected chi connectivity index (χ2v) is 5.69. The molecular formula is C19H22N4O2. The summed E-state index contributed by atoms with van der Waals surface area (Å²) in [6.45, 7) is 2.05. The SMILES string of the molecule is CCc1ccc(NC(=O)C(=O)N/N=C\c2ccc(N(C)C)cc2)cc1. The maximum Gasteiger partial charge on any atom is 0.329 e. The lowest BCUT2D eigenvalue weighted by molar-refractivity contribution is -0.136. The highest BCUT2D eigenvalue weighted by Gasteiger charge is 2.12. The molecule has 25 heavy (non-hydrogen) atoms. The zero-order valence-corrected chi connectivity index (χ0v) is 14.6. The van der Waals surface area contributed by atoms with Crippen molar-refractivity contribution in [3.05, 3.63) is 59.7 Å². The molecule has 0 unspecified atom stereocenters. The molecule has 0 saturated carbocycles. The van der Waals surface area contributed by atoms with Crippen molar-refractivity contribution in [2.24, 2.45) is 5.10 Å². The predicted octanol–water partition coefficient (Wildman–Crippen LogP) is 2.40. The largest absolute Gasteiger partial charge is 0.378 e. The second kappa shape index (κ2) is 8.63. The molecule has 0 aliphatic heterocycles. The number of anilines is 2. The number of aryl methyl sites for hydroxylation is 1. The fourth-order valence-electron chi connectivity index (χ4n) is 2.09. The van der Waals surface area contributed by atoms with Gasteiger partial charge in [-0.3, -0.25) is 9.59 Å². The van der Waals surface area contributed by atoms with E-state index in [9.17, 15) is 9.59 Å². The predicted molar refractivity (Wildman–Crippen MR) is 101 cm³/mol. The Labute approximate surface area is 147 Å². The molecule has 6 nitrogen and oxygen atoms in total. The van der Waals surface area contributed by atoms with Crippen LogP contribution in [-0.2, 0) is 16.0 Å². The highest BCUT2D eigenvalue weighted by Crippen LogP contribution is 2.11. The van der Waals surface area contributed by atoms with Gasteiger partial charge in [-0.15, -0.1) is 0 Å². The van der Waals surface area contributed by atoms with E-state index >= 15 is 0 Å². The molecule has 2 rings (SSSR count). The van der Waals surface area contributed by atoms with E-state index < -0.39 is 11.8 Å². The molecule has 130 valence electrons. The Balaban J connectivity index is 1.86. The molecule has 0 bridgehead atoms. The van der Waals surface area contributed by atoms with E-state index in [1.165, 1.54) is 6.21 Å². The zero-order chi connectivity index (χ0) is 18.2. The van der Waals surface area contributed by atoms with Crippen molar-refractivity contribution in [2.45, 2.75) is 13.3 Å². The molecule has 2 amide bonds. The molecule has 0 aliphatic carbocycles. The summed E-state index contributed by atoms with van der Waals surface area (Å²) in [4.78, 5) is 25.6. The molecule has 0 atom stereocenters. The van der Waals surface area contributed by atoms with Gasteiger partial charge in [0.15, 0.2) is 0 Å². The van der Waals surface area contributed by atoms with Crippen LogP contribution in [0.5, 0.6) is 0 Å². The van der Waals surface area contributed by atoms with Gasteiger partial charge >= 0.3 is 11.8 Å². The molecule has 0 aromatic heterocycles. The monoisotopic (exact) mass is 338 g/mol. The number of nitrogens with zero attached hydrogens (tertiary/aromatic N) is 2.